The van der Waals surface area contributed by atoms with Crippen molar-refractivity contribution in [3.8, 4) is 0 Å². The lowest BCUT2D eigenvalue weighted by molar-refractivity contribution is 0.0963. The van der Waals surface area contributed by atoms with Crippen LogP contribution in [0, 0.1) is 0 Å². The highest BCUT2D eigenvalue weighted by Gasteiger charge is 2.24. The van der Waals surface area contributed by atoms with Crippen molar-refractivity contribution in [2.24, 2.45) is 0 Å². The van der Waals surface area contributed by atoms with E-state index in [0.717, 1.165) is 12.8 Å². The van der Waals surface area contributed by atoms with Gasteiger partial charge in [-0.15, -0.1) is 0 Å². The van der Waals surface area contributed by atoms with Crippen LogP contribution in [0.25, 0.3) is 0 Å². The van der Waals surface area contributed by atoms with E-state index in [2.05, 4.69) is 16.1 Å². The molecule has 0 aliphatic heterocycles. The lowest BCUT2D eigenvalue weighted by Crippen LogP contribution is -2.38. The minimum atomic E-state index is -3.59. The normalized spacial score (nSPS) is 17.1. The van der Waals surface area contributed by atoms with Gasteiger partial charge in [-0.25, -0.2) is 13.1 Å². The minimum absolute atomic E-state index is 0.108. The van der Waals surface area contributed by atoms with Crippen LogP contribution in [0.15, 0.2) is 53.4 Å². The number of carbonyl (C=O) groups excluding carboxylic acids is 1. The second kappa shape index (κ2) is 6.75. The minimum Gasteiger partial charge on any atom is -0.355 e. The van der Waals surface area contributed by atoms with Crippen LogP contribution in [0.4, 0.5) is 0 Å². The summed E-state index contributed by atoms with van der Waals surface area (Å²) in [5.74, 6) is -0.240. The molecule has 5 nitrogen and oxygen atoms in total. The third-order valence-electron chi connectivity index (χ3n) is 4.32. The third-order valence-corrected chi connectivity index (χ3v) is 5.86. The third kappa shape index (κ3) is 3.49. The Morgan fingerprint density at radius 3 is 2.38 bits per heavy atom. The van der Waals surface area contributed by atoms with Crippen LogP contribution in [0.2, 0.25) is 0 Å². The van der Waals surface area contributed by atoms with Gasteiger partial charge < -0.3 is 5.32 Å². The van der Waals surface area contributed by atoms with Crippen molar-refractivity contribution in [1.82, 2.24) is 10.0 Å². The molecule has 0 aromatic heterocycles. The lowest BCUT2D eigenvalue weighted by Gasteiger charge is -2.25. The molecule has 6 heteroatoms. The van der Waals surface area contributed by atoms with Crippen LogP contribution in [0.5, 0.6) is 0 Å². The maximum Gasteiger partial charge on any atom is 0.251 e. The maximum absolute atomic E-state index is 12.6. The molecule has 126 valence electrons. The highest BCUT2D eigenvalue weighted by Crippen LogP contribution is 2.22. The number of nitrogens with one attached hydrogen (secondary N) is 2. The molecule has 0 saturated carbocycles. The van der Waals surface area contributed by atoms with Crippen LogP contribution >= 0.6 is 0 Å². The van der Waals surface area contributed by atoms with Crippen LogP contribution < -0.4 is 10.0 Å². The zero-order chi connectivity index (χ0) is 17.2. The lowest BCUT2D eigenvalue weighted by atomic mass is 9.89. The van der Waals surface area contributed by atoms with Gasteiger partial charge in [-0.05, 0) is 54.7 Å². The van der Waals surface area contributed by atoms with E-state index in [1.807, 2.05) is 18.2 Å². The average molecular weight is 344 g/mol. The topological polar surface area (TPSA) is 75.3 Å². The molecule has 0 saturated heterocycles. The monoisotopic (exact) mass is 344 g/mol. The van der Waals surface area contributed by atoms with Crippen molar-refractivity contribution in [2.45, 2.75) is 30.2 Å². The van der Waals surface area contributed by atoms with Gasteiger partial charge in [-0.1, -0.05) is 24.3 Å². The Balaban J connectivity index is 1.74. The molecule has 1 amide bonds. The average Bonchev–Trinajstić information content (AvgIpc) is 2.60. The van der Waals surface area contributed by atoms with Gasteiger partial charge in [0.15, 0.2) is 0 Å². The van der Waals surface area contributed by atoms with E-state index in [4.69, 9.17) is 0 Å². The first-order valence-corrected chi connectivity index (χ1v) is 9.39. The standard InChI is InChI=1S/C18H20N2O3S/c1-19-18(21)14-7-10-17(11-8-14)24(22,23)20-16-9-6-13-4-2-3-5-15(13)12-16/h2-5,7-8,10-11,16,20H,6,9,12H2,1H3,(H,19,21). The van der Waals surface area contributed by atoms with Crippen LogP contribution in [0.1, 0.15) is 27.9 Å². The Morgan fingerprint density at radius 1 is 1.04 bits per heavy atom. The summed E-state index contributed by atoms with van der Waals surface area (Å²) in [5, 5.41) is 2.51. The summed E-state index contributed by atoms with van der Waals surface area (Å²) in [6.07, 6.45) is 2.36. The summed E-state index contributed by atoms with van der Waals surface area (Å²) in [4.78, 5) is 11.7. The fourth-order valence-corrected chi connectivity index (χ4v) is 4.29. The van der Waals surface area contributed by atoms with Crippen molar-refractivity contribution >= 4 is 15.9 Å². The van der Waals surface area contributed by atoms with E-state index in [1.54, 1.807) is 0 Å². The molecule has 1 aliphatic rings. The van der Waals surface area contributed by atoms with Gasteiger partial charge in [0.05, 0.1) is 4.90 Å². The molecule has 1 unspecified atom stereocenters. The molecule has 2 aromatic rings. The predicted molar refractivity (Wildman–Crippen MR) is 92.4 cm³/mol. The molecule has 1 aliphatic carbocycles. The van der Waals surface area contributed by atoms with E-state index in [0.29, 0.717) is 12.0 Å². The van der Waals surface area contributed by atoms with E-state index < -0.39 is 10.0 Å². The first-order chi connectivity index (χ1) is 11.5. The molecule has 0 radical (unpaired) electrons. The quantitative estimate of drug-likeness (QED) is 0.889. The predicted octanol–water partition coefficient (Wildman–Crippen LogP) is 1.88. The van der Waals surface area contributed by atoms with Gasteiger partial charge in [0.2, 0.25) is 10.0 Å². The van der Waals surface area contributed by atoms with Crippen molar-refractivity contribution in [3.63, 3.8) is 0 Å². The van der Waals surface area contributed by atoms with Crippen molar-refractivity contribution < 1.29 is 13.2 Å². The summed E-state index contributed by atoms with van der Waals surface area (Å²) in [6.45, 7) is 0. The molecule has 2 aromatic carbocycles. The number of fused-ring (bicyclic) bond motifs is 1. The van der Waals surface area contributed by atoms with Gasteiger partial charge in [0.1, 0.15) is 0 Å². The van der Waals surface area contributed by atoms with Gasteiger partial charge in [0.25, 0.3) is 5.91 Å². The smallest absolute Gasteiger partial charge is 0.251 e. The Morgan fingerprint density at radius 2 is 1.71 bits per heavy atom. The first-order valence-electron chi connectivity index (χ1n) is 7.91. The Kier molecular flexibility index (Phi) is 4.69. The molecule has 0 fully saturated rings. The van der Waals surface area contributed by atoms with E-state index in [9.17, 15) is 13.2 Å². The fourth-order valence-electron chi connectivity index (χ4n) is 3.02. The molecule has 3 rings (SSSR count). The summed E-state index contributed by atoms with van der Waals surface area (Å²) in [5.41, 5.74) is 2.93. The van der Waals surface area contributed by atoms with Crippen molar-refractivity contribution in [2.75, 3.05) is 7.05 Å². The van der Waals surface area contributed by atoms with Crippen LogP contribution in [0.3, 0.4) is 0 Å². The highest BCUT2D eigenvalue weighted by atomic mass is 32.2. The first kappa shape index (κ1) is 16.7. The molecule has 1 atom stereocenters. The SMILES string of the molecule is CNC(=O)c1ccc(S(=O)(=O)NC2CCc3ccccc3C2)cc1. The van der Waals surface area contributed by atoms with Gasteiger partial charge in [0, 0.05) is 18.7 Å². The molecule has 0 bridgehead atoms. The van der Waals surface area contributed by atoms with Gasteiger partial charge >= 0.3 is 0 Å². The molecule has 24 heavy (non-hydrogen) atoms. The highest BCUT2D eigenvalue weighted by molar-refractivity contribution is 7.89. The van der Waals surface area contributed by atoms with Gasteiger partial charge in [-0.3, -0.25) is 4.79 Å². The Bertz CT molecular complexity index is 845. The number of amides is 1. The van der Waals surface area contributed by atoms with Crippen molar-refractivity contribution in [3.05, 3.63) is 65.2 Å². The number of rotatable bonds is 4. The summed E-state index contributed by atoms with van der Waals surface area (Å²) >= 11 is 0. The number of hydrogen-bond acceptors (Lipinski definition) is 3. The number of sulfonamides is 1. The second-order valence-electron chi connectivity index (χ2n) is 5.93. The zero-order valence-electron chi connectivity index (χ0n) is 13.5. The summed E-state index contributed by atoms with van der Waals surface area (Å²) in [6, 6.07) is 14.0. The Labute approximate surface area is 142 Å². The van der Waals surface area contributed by atoms with Gasteiger partial charge in [-0.2, -0.15) is 0 Å². The van der Waals surface area contributed by atoms with Crippen molar-refractivity contribution in [1.29, 1.82) is 0 Å². The largest absolute Gasteiger partial charge is 0.355 e. The molecule has 2 N–H and O–H groups in total. The summed E-state index contributed by atoms with van der Waals surface area (Å²) in [7, 11) is -2.06. The zero-order valence-corrected chi connectivity index (χ0v) is 14.3. The van der Waals surface area contributed by atoms with Crippen LogP contribution in [-0.4, -0.2) is 27.4 Å². The number of benzene rings is 2. The molecular weight excluding hydrogens is 324 g/mol. The summed E-state index contributed by atoms with van der Waals surface area (Å²) < 4.78 is 27.9. The van der Waals surface area contributed by atoms with Crippen LogP contribution in [-0.2, 0) is 22.9 Å². The van der Waals surface area contributed by atoms with E-state index >= 15 is 0 Å². The maximum atomic E-state index is 12.6. The van der Waals surface area contributed by atoms with E-state index in [1.165, 1.54) is 42.4 Å². The van der Waals surface area contributed by atoms with E-state index in [-0.39, 0.29) is 16.8 Å². The second-order valence-corrected chi connectivity index (χ2v) is 7.65. The number of aryl methyl sites for hydroxylation is 1. The Hall–Kier alpha value is -2.18. The molecular formula is C18H20N2O3S. The number of carbonyl (C=O) groups is 1. The molecule has 0 heterocycles. The molecule has 0 spiro atoms. The number of hydrogen-bond donors (Lipinski definition) is 2. The fraction of sp³-hybridized carbons (Fsp3) is 0.278.